The molecule has 0 aliphatic rings. The molecule has 0 radical (unpaired) electrons. The van der Waals surface area contributed by atoms with Gasteiger partial charge < -0.3 is 14.8 Å². The fourth-order valence-corrected chi connectivity index (χ4v) is 2.80. The summed E-state index contributed by atoms with van der Waals surface area (Å²) >= 11 is 0. The van der Waals surface area contributed by atoms with Gasteiger partial charge in [0.25, 0.3) is 5.91 Å². The topological polar surface area (TPSA) is 79.5 Å². The average molecular weight is 337 g/mol. The molecule has 2 aromatic carbocycles. The van der Waals surface area contributed by atoms with Gasteiger partial charge in [-0.25, -0.2) is 4.79 Å². The molecular formula is C20H19NO4. The molecule has 128 valence electrons. The first kappa shape index (κ1) is 16.8. The number of rotatable bonds is 5. The van der Waals surface area contributed by atoms with E-state index in [4.69, 9.17) is 9.52 Å². The maximum atomic E-state index is 12.5. The molecule has 5 nitrogen and oxygen atoms in total. The summed E-state index contributed by atoms with van der Waals surface area (Å²) in [5.74, 6) is -1.54. The van der Waals surface area contributed by atoms with E-state index < -0.39 is 5.97 Å². The molecular weight excluding hydrogens is 318 g/mol. The Labute approximate surface area is 145 Å². The fourth-order valence-electron chi connectivity index (χ4n) is 2.80. The fraction of sp³-hybridized carbons (Fsp3) is 0.200. The molecule has 0 saturated carbocycles. The average Bonchev–Trinajstić information content (AvgIpc) is 3.01. The van der Waals surface area contributed by atoms with Crippen molar-refractivity contribution in [1.29, 1.82) is 0 Å². The molecule has 2 N–H and O–H groups in total. The highest BCUT2D eigenvalue weighted by Gasteiger charge is 2.13. The van der Waals surface area contributed by atoms with Gasteiger partial charge in [-0.2, -0.15) is 0 Å². The maximum absolute atomic E-state index is 12.5. The number of carbonyl (C=O) groups is 2. The molecule has 0 saturated heterocycles. The Kier molecular flexibility index (Phi) is 4.57. The third-order valence-corrected chi connectivity index (χ3v) is 4.11. The highest BCUT2D eigenvalue weighted by molar-refractivity contribution is 6.06. The lowest BCUT2D eigenvalue weighted by molar-refractivity contribution is 0.0665. The van der Waals surface area contributed by atoms with E-state index in [-0.39, 0.29) is 11.7 Å². The minimum Gasteiger partial charge on any atom is -0.475 e. The minimum absolute atomic E-state index is 0.144. The first-order chi connectivity index (χ1) is 12.0. The van der Waals surface area contributed by atoms with Crippen molar-refractivity contribution in [3.05, 3.63) is 64.9 Å². The molecule has 0 atom stereocenters. The number of fused-ring (bicyclic) bond motifs is 1. The Morgan fingerprint density at radius 2 is 1.92 bits per heavy atom. The number of carboxylic acids is 1. The smallest absolute Gasteiger partial charge is 0.371 e. The quantitative estimate of drug-likeness (QED) is 0.710. The van der Waals surface area contributed by atoms with E-state index in [1.807, 2.05) is 25.1 Å². The second kappa shape index (κ2) is 6.81. The Balaban J connectivity index is 1.82. The van der Waals surface area contributed by atoms with E-state index in [9.17, 15) is 9.59 Å². The number of carbonyl (C=O) groups excluding carboxylic acids is 1. The lowest BCUT2D eigenvalue weighted by atomic mass is 10.0. The zero-order chi connectivity index (χ0) is 18.0. The molecule has 25 heavy (non-hydrogen) atoms. The zero-order valence-corrected chi connectivity index (χ0v) is 14.1. The van der Waals surface area contributed by atoms with Crippen molar-refractivity contribution in [2.45, 2.75) is 26.7 Å². The van der Waals surface area contributed by atoms with E-state index in [1.54, 1.807) is 18.2 Å². The summed E-state index contributed by atoms with van der Waals surface area (Å²) < 4.78 is 5.25. The van der Waals surface area contributed by atoms with Crippen LogP contribution in [0.15, 0.2) is 46.9 Å². The Hall–Kier alpha value is -3.08. The van der Waals surface area contributed by atoms with Crippen molar-refractivity contribution >= 4 is 28.5 Å². The van der Waals surface area contributed by atoms with Crippen LogP contribution in [0.5, 0.6) is 0 Å². The molecule has 1 heterocycles. The minimum atomic E-state index is -1.13. The summed E-state index contributed by atoms with van der Waals surface area (Å²) in [6.45, 7) is 4.17. The van der Waals surface area contributed by atoms with Crippen molar-refractivity contribution in [1.82, 2.24) is 0 Å². The van der Waals surface area contributed by atoms with E-state index in [0.717, 1.165) is 24.1 Å². The molecule has 5 heteroatoms. The van der Waals surface area contributed by atoms with Crippen molar-refractivity contribution in [3.63, 3.8) is 0 Å². The molecule has 0 unspecified atom stereocenters. The van der Waals surface area contributed by atoms with E-state index in [2.05, 4.69) is 12.2 Å². The lowest BCUT2D eigenvalue weighted by Gasteiger charge is -2.09. The zero-order valence-electron chi connectivity index (χ0n) is 14.1. The first-order valence-electron chi connectivity index (χ1n) is 8.15. The monoisotopic (exact) mass is 337 g/mol. The number of anilines is 1. The summed E-state index contributed by atoms with van der Waals surface area (Å²) in [6.07, 6.45) is 2.09. The van der Waals surface area contributed by atoms with Crippen molar-refractivity contribution < 1.29 is 19.1 Å². The number of aryl methyl sites for hydroxylation is 2. The van der Waals surface area contributed by atoms with Crippen LogP contribution in [0, 0.1) is 6.92 Å². The number of benzene rings is 2. The maximum Gasteiger partial charge on any atom is 0.371 e. The van der Waals surface area contributed by atoms with Gasteiger partial charge in [-0.3, -0.25) is 4.79 Å². The predicted octanol–water partition coefficient (Wildman–Crippen LogP) is 4.64. The molecule has 1 aromatic heterocycles. The molecule has 0 aliphatic carbocycles. The number of nitrogens with one attached hydrogen (secondary N) is 1. The van der Waals surface area contributed by atoms with Crippen molar-refractivity contribution in [2.75, 3.05) is 5.32 Å². The molecule has 0 spiro atoms. The second-order valence-electron chi connectivity index (χ2n) is 6.01. The summed E-state index contributed by atoms with van der Waals surface area (Å²) in [5.41, 5.74) is 3.94. The van der Waals surface area contributed by atoms with E-state index in [1.165, 1.54) is 11.6 Å². The Morgan fingerprint density at radius 3 is 2.60 bits per heavy atom. The van der Waals surface area contributed by atoms with Crippen LogP contribution >= 0.6 is 0 Å². The van der Waals surface area contributed by atoms with E-state index in [0.29, 0.717) is 16.5 Å². The van der Waals surface area contributed by atoms with Crippen LogP contribution < -0.4 is 5.32 Å². The Morgan fingerprint density at radius 1 is 1.12 bits per heavy atom. The van der Waals surface area contributed by atoms with Crippen LogP contribution in [0.3, 0.4) is 0 Å². The summed E-state index contributed by atoms with van der Waals surface area (Å²) in [6, 6.07) is 12.2. The highest BCUT2D eigenvalue weighted by Crippen LogP contribution is 2.22. The van der Waals surface area contributed by atoms with Gasteiger partial charge in [0, 0.05) is 16.6 Å². The van der Waals surface area contributed by atoms with Crippen molar-refractivity contribution in [2.24, 2.45) is 0 Å². The SMILES string of the molecule is CCCc1ccc(NC(=O)c2ccc3cc(C(=O)O)oc3c2)cc1C. The predicted molar refractivity (Wildman–Crippen MR) is 96.3 cm³/mol. The number of hydrogen-bond acceptors (Lipinski definition) is 3. The molecule has 0 bridgehead atoms. The number of carboxylic acid groups (broad SMARTS) is 1. The molecule has 0 aliphatic heterocycles. The van der Waals surface area contributed by atoms with Gasteiger partial charge in [-0.15, -0.1) is 0 Å². The number of aromatic carboxylic acids is 1. The van der Waals surface area contributed by atoms with Crippen LogP contribution in [0.2, 0.25) is 0 Å². The molecule has 1 amide bonds. The number of hydrogen-bond donors (Lipinski definition) is 2. The lowest BCUT2D eigenvalue weighted by Crippen LogP contribution is -2.12. The third kappa shape index (κ3) is 3.55. The van der Waals surface area contributed by atoms with Gasteiger partial charge in [0.2, 0.25) is 5.76 Å². The normalized spacial score (nSPS) is 10.8. The third-order valence-electron chi connectivity index (χ3n) is 4.11. The second-order valence-corrected chi connectivity index (χ2v) is 6.01. The van der Waals surface area contributed by atoms with Crippen LogP contribution in [-0.4, -0.2) is 17.0 Å². The van der Waals surface area contributed by atoms with Crippen LogP contribution in [0.25, 0.3) is 11.0 Å². The van der Waals surface area contributed by atoms with Crippen LogP contribution in [0.1, 0.15) is 45.4 Å². The van der Waals surface area contributed by atoms with Crippen LogP contribution in [-0.2, 0) is 6.42 Å². The van der Waals surface area contributed by atoms with Gasteiger partial charge in [0.15, 0.2) is 0 Å². The van der Waals surface area contributed by atoms with Gasteiger partial charge in [-0.05, 0) is 54.8 Å². The van der Waals surface area contributed by atoms with Gasteiger partial charge >= 0.3 is 5.97 Å². The van der Waals surface area contributed by atoms with Gasteiger partial charge in [0.1, 0.15) is 5.58 Å². The Bertz CT molecular complexity index is 955. The largest absolute Gasteiger partial charge is 0.475 e. The number of furan rings is 1. The van der Waals surface area contributed by atoms with Crippen LogP contribution in [0.4, 0.5) is 5.69 Å². The highest BCUT2D eigenvalue weighted by atomic mass is 16.4. The standard InChI is InChI=1S/C20H19NO4/c1-3-4-13-7-8-16(9-12(13)2)21-19(22)15-6-5-14-10-18(20(23)24)25-17(14)11-15/h5-11H,3-4H2,1-2H3,(H,21,22)(H,23,24). The summed E-state index contributed by atoms with van der Waals surface area (Å²) in [7, 11) is 0. The summed E-state index contributed by atoms with van der Waals surface area (Å²) in [4.78, 5) is 23.4. The van der Waals surface area contributed by atoms with Crippen molar-refractivity contribution in [3.8, 4) is 0 Å². The first-order valence-corrected chi connectivity index (χ1v) is 8.15. The van der Waals surface area contributed by atoms with Gasteiger partial charge in [-0.1, -0.05) is 25.5 Å². The molecule has 0 fully saturated rings. The number of amides is 1. The van der Waals surface area contributed by atoms with Gasteiger partial charge in [0.05, 0.1) is 0 Å². The molecule has 3 aromatic rings. The van der Waals surface area contributed by atoms with E-state index >= 15 is 0 Å². The molecule has 3 rings (SSSR count). The summed E-state index contributed by atoms with van der Waals surface area (Å²) in [5, 5.41) is 12.5.